The second-order valence-corrected chi connectivity index (χ2v) is 9.48. The van der Waals surface area contributed by atoms with Gasteiger partial charge in [-0.15, -0.1) is 0 Å². The second-order valence-electron chi connectivity index (χ2n) is 9.04. The maximum absolute atomic E-state index is 13.9. The molecular formula is C29H31ClN2O3. The number of methoxy groups -OCH3 is 1. The predicted octanol–water partition coefficient (Wildman–Crippen LogP) is 6.26. The third-order valence-corrected chi connectivity index (χ3v) is 6.97. The molecule has 0 atom stereocenters. The zero-order chi connectivity index (χ0) is 24.7. The molecule has 4 rings (SSSR count). The standard InChI is InChI=1S/C29H31ClN2O3/c1-35-26-16-14-25(15-17-26)31-28(34)29(18-6-3-7-19-29)32(21-23-10-12-24(30)13-11-23)27(33)20-22-8-4-2-5-9-22/h2,4-5,8-17H,3,6-7,18-21H2,1H3,(H,31,34). The Hall–Kier alpha value is -3.31. The third kappa shape index (κ3) is 6.04. The minimum atomic E-state index is -0.927. The summed E-state index contributed by atoms with van der Waals surface area (Å²) in [7, 11) is 1.61. The summed E-state index contributed by atoms with van der Waals surface area (Å²) in [5.41, 5.74) is 1.63. The SMILES string of the molecule is COc1ccc(NC(=O)C2(N(Cc3ccc(Cl)cc3)C(=O)Cc3ccccc3)CCCCC2)cc1. The molecule has 3 aromatic carbocycles. The Morgan fingerprint density at radius 1 is 0.886 bits per heavy atom. The molecule has 35 heavy (non-hydrogen) atoms. The van der Waals surface area contributed by atoms with Crippen LogP contribution in [0.2, 0.25) is 5.02 Å². The molecule has 0 bridgehead atoms. The molecule has 1 saturated carbocycles. The van der Waals surface area contributed by atoms with Gasteiger partial charge in [0.05, 0.1) is 13.5 Å². The van der Waals surface area contributed by atoms with Crippen LogP contribution < -0.4 is 10.1 Å². The number of nitrogens with zero attached hydrogens (tertiary/aromatic N) is 1. The van der Waals surface area contributed by atoms with Crippen molar-refractivity contribution in [2.75, 3.05) is 12.4 Å². The van der Waals surface area contributed by atoms with Crippen molar-refractivity contribution in [3.8, 4) is 5.75 Å². The zero-order valence-corrected chi connectivity index (χ0v) is 20.8. The van der Waals surface area contributed by atoms with Gasteiger partial charge in [-0.05, 0) is 60.4 Å². The zero-order valence-electron chi connectivity index (χ0n) is 20.0. The van der Waals surface area contributed by atoms with Gasteiger partial charge in [0.15, 0.2) is 0 Å². The summed E-state index contributed by atoms with van der Waals surface area (Å²) < 4.78 is 5.24. The van der Waals surface area contributed by atoms with Crippen LogP contribution in [0, 0.1) is 0 Å². The molecule has 2 amide bonds. The van der Waals surface area contributed by atoms with Gasteiger partial charge in [-0.25, -0.2) is 0 Å². The van der Waals surface area contributed by atoms with E-state index < -0.39 is 5.54 Å². The molecule has 3 aromatic rings. The van der Waals surface area contributed by atoms with E-state index in [4.69, 9.17) is 16.3 Å². The molecule has 0 radical (unpaired) electrons. The van der Waals surface area contributed by atoms with Gasteiger partial charge in [0.2, 0.25) is 11.8 Å². The molecule has 0 aromatic heterocycles. The number of rotatable bonds is 8. The first-order valence-corrected chi connectivity index (χ1v) is 12.4. The van der Waals surface area contributed by atoms with Gasteiger partial charge in [-0.3, -0.25) is 9.59 Å². The van der Waals surface area contributed by atoms with E-state index in [1.807, 2.05) is 78.9 Å². The first kappa shape index (κ1) is 24.8. The lowest BCUT2D eigenvalue weighted by Crippen LogP contribution is -2.60. The summed E-state index contributed by atoms with van der Waals surface area (Å²) in [5, 5.41) is 3.73. The highest BCUT2D eigenvalue weighted by molar-refractivity contribution is 6.30. The fourth-order valence-corrected chi connectivity index (χ4v) is 4.92. The number of carbonyl (C=O) groups is 2. The lowest BCUT2D eigenvalue weighted by Gasteiger charge is -2.45. The number of amides is 2. The minimum absolute atomic E-state index is 0.0575. The molecule has 6 heteroatoms. The number of hydrogen-bond acceptors (Lipinski definition) is 3. The largest absolute Gasteiger partial charge is 0.497 e. The van der Waals surface area contributed by atoms with Crippen LogP contribution in [0.25, 0.3) is 0 Å². The van der Waals surface area contributed by atoms with Crippen LogP contribution in [0.15, 0.2) is 78.9 Å². The van der Waals surface area contributed by atoms with Gasteiger partial charge in [0, 0.05) is 17.3 Å². The van der Waals surface area contributed by atoms with Crippen molar-refractivity contribution in [1.82, 2.24) is 4.90 Å². The number of nitrogens with one attached hydrogen (secondary N) is 1. The van der Waals surface area contributed by atoms with Gasteiger partial charge in [0.1, 0.15) is 11.3 Å². The number of anilines is 1. The number of benzene rings is 3. The average Bonchev–Trinajstić information content (AvgIpc) is 2.89. The summed E-state index contributed by atoms with van der Waals surface area (Å²) in [6.07, 6.45) is 4.34. The lowest BCUT2D eigenvalue weighted by molar-refractivity contribution is -0.148. The van der Waals surface area contributed by atoms with E-state index in [0.29, 0.717) is 30.1 Å². The summed E-state index contributed by atoms with van der Waals surface area (Å²) in [4.78, 5) is 29.6. The fraction of sp³-hybridized carbons (Fsp3) is 0.310. The monoisotopic (exact) mass is 490 g/mol. The summed E-state index contributed by atoms with van der Waals surface area (Å²) in [5.74, 6) is 0.522. The van der Waals surface area contributed by atoms with Crippen LogP contribution in [0.5, 0.6) is 5.75 Å². The predicted molar refractivity (Wildman–Crippen MR) is 140 cm³/mol. The van der Waals surface area contributed by atoms with Crippen molar-refractivity contribution in [2.24, 2.45) is 0 Å². The minimum Gasteiger partial charge on any atom is -0.497 e. The highest BCUT2D eigenvalue weighted by Gasteiger charge is 2.46. The quantitative estimate of drug-likeness (QED) is 0.405. The lowest BCUT2D eigenvalue weighted by atomic mass is 9.78. The number of halogens is 1. The van der Waals surface area contributed by atoms with E-state index in [1.165, 1.54) is 0 Å². The Balaban J connectivity index is 1.67. The normalized spacial score (nSPS) is 14.7. The van der Waals surface area contributed by atoms with Crippen molar-refractivity contribution < 1.29 is 14.3 Å². The van der Waals surface area contributed by atoms with E-state index in [1.54, 1.807) is 12.0 Å². The molecule has 1 fully saturated rings. The van der Waals surface area contributed by atoms with Crippen molar-refractivity contribution in [3.05, 3.63) is 95.0 Å². The van der Waals surface area contributed by atoms with Gasteiger partial charge >= 0.3 is 0 Å². The van der Waals surface area contributed by atoms with Gasteiger partial charge in [0.25, 0.3) is 0 Å². The molecule has 5 nitrogen and oxygen atoms in total. The molecule has 0 spiro atoms. The molecule has 182 valence electrons. The Kier molecular flexibility index (Phi) is 8.09. The molecular weight excluding hydrogens is 460 g/mol. The van der Waals surface area contributed by atoms with Crippen LogP contribution in [-0.2, 0) is 22.6 Å². The molecule has 0 saturated heterocycles. The van der Waals surface area contributed by atoms with Crippen LogP contribution in [0.1, 0.15) is 43.2 Å². The average molecular weight is 491 g/mol. The Morgan fingerprint density at radius 2 is 1.54 bits per heavy atom. The maximum atomic E-state index is 13.9. The molecule has 1 aliphatic rings. The summed E-state index contributed by atoms with van der Waals surface area (Å²) in [6, 6.07) is 24.4. The van der Waals surface area contributed by atoms with Crippen molar-refractivity contribution in [2.45, 2.75) is 50.6 Å². The number of ether oxygens (including phenoxy) is 1. The van der Waals surface area contributed by atoms with E-state index in [9.17, 15) is 9.59 Å². The van der Waals surface area contributed by atoms with E-state index in [-0.39, 0.29) is 18.2 Å². The number of carbonyl (C=O) groups excluding carboxylic acids is 2. The fourth-order valence-electron chi connectivity index (χ4n) is 4.79. The van der Waals surface area contributed by atoms with Crippen molar-refractivity contribution >= 4 is 29.1 Å². The molecule has 0 unspecified atom stereocenters. The van der Waals surface area contributed by atoms with Crippen LogP contribution in [0.4, 0.5) is 5.69 Å². The first-order valence-electron chi connectivity index (χ1n) is 12.0. The van der Waals surface area contributed by atoms with Gasteiger partial charge in [-0.1, -0.05) is 73.3 Å². The summed E-state index contributed by atoms with van der Waals surface area (Å²) >= 11 is 6.10. The molecule has 1 N–H and O–H groups in total. The first-order chi connectivity index (χ1) is 17.0. The van der Waals surface area contributed by atoms with Crippen molar-refractivity contribution in [1.29, 1.82) is 0 Å². The van der Waals surface area contributed by atoms with E-state index >= 15 is 0 Å². The smallest absolute Gasteiger partial charge is 0.250 e. The molecule has 1 aliphatic carbocycles. The second kappa shape index (κ2) is 11.4. The molecule has 0 heterocycles. The Bertz CT molecular complexity index is 1120. The Labute approximate surface area is 212 Å². The van der Waals surface area contributed by atoms with E-state index in [2.05, 4.69) is 5.32 Å². The van der Waals surface area contributed by atoms with Gasteiger partial charge < -0.3 is 15.0 Å². The highest BCUT2D eigenvalue weighted by atomic mass is 35.5. The topological polar surface area (TPSA) is 58.6 Å². The van der Waals surface area contributed by atoms with Crippen molar-refractivity contribution in [3.63, 3.8) is 0 Å². The van der Waals surface area contributed by atoms with Crippen LogP contribution in [-0.4, -0.2) is 29.4 Å². The maximum Gasteiger partial charge on any atom is 0.250 e. The van der Waals surface area contributed by atoms with E-state index in [0.717, 1.165) is 36.1 Å². The third-order valence-electron chi connectivity index (χ3n) is 6.72. The van der Waals surface area contributed by atoms with Gasteiger partial charge in [-0.2, -0.15) is 0 Å². The Morgan fingerprint density at radius 3 is 2.17 bits per heavy atom. The molecule has 0 aliphatic heterocycles. The van der Waals surface area contributed by atoms with Crippen LogP contribution in [0.3, 0.4) is 0 Å². The summed E-state index contributed by atoms with van der Waals surface area (Å²) in [6.45, 7) is 0.346. The van der Waals surface area contributed by atoms with Crippen LogP contribution >= 0.6 is 11.6 Å². The highest BCUT2D eigenvalue weighted by Crippen LogP contribution is 2.37. The number of hydrogen-bond donors (Lipinski definition) is 1.